The van der Waals surface area contributed by atoms with Gasteiger partial charge in [-0.15, -0.1) is 11.3 Å². The Morgan fingerprint density at radius 2 is 1.89 bits per heavy atom. The fourth-order valence-electron chi connectivity index (χ4n) is 6.29. The van der Waals surface area contributed by atoms with Gasteiger partial charge in [0.05, 0.1) is 24.5 Å². The Balaban J connectivity index is 1.31. The third kappa shape index (κ3) is 3.96. The van der Waals surface area contributed by atoms with Crippen LogP contribution in [-0.4, -0.2) is 46.4 Å². The number of carbonyl (C=O) groups is 3. The second kappa shape index (κ2) is 9.32. The molecule has 1 aromatic carbocycles. The first kappa shape index (κ1) is 23.7. The van der Waals surface area contributed by atoms with Crippen LogP contribution in [0.15, 0.2) is 53.9 Å². The maximum Gasteiger partial charge on any atom is 0.246 e. The third-order valence-corrected chi connectivity index (χ3v) is 9.01. The topological polar surface area (TPSA) is 87.7 Å². The van der Waals surface area contributed by atoms with Crippen molar-refractivity contribution in [3.8, 4) is 0 Å². The van der Waals surface area contributed by atoms with E-state index in [2.05, 4.69) is 10.6 Å². The number of nitrogens with zero attached hydrogens (tertiary/aromatic N) is 1. The number of hydrogen-bond acceptors (Lipinski definition) is 5. The van der Waals surface area contributed by atoms with Gasteiger partial charge in [0.25, 0.3) is 0 Å². The fraction of sp³-hybridized carbons (Fsp3) is 0.444. The number of benzene rings is 1. The summed E-state index contributed by atoms with van der Waals surface area (Å²) in [6, 6.07) is 10.0. The minimum atomic E-state index is -1.15. The monoisotopic (exact) mass is 525 g/mol. The van der Waals surface area contributed by atoms with Crippen molar-refractivity contribution in [1.29, 1.82) is 0 Å². The molecule has 1 saturated carbocycles. The van der Waals surface area contributed by atoms with Crippen LogP contribution < -0.4 is 10.6 Å². The average Bonchev–Trinajstić information content (AvgIpc) is 3.64. The Morgan fingerprint density at radius 3 is 2.61 bits per heavy atom. The smallest absolute Gasteiger partial charge is 0.246 e. The summed E-state index contributed by atoms with van der Waals surface area (Å²) < 4.78 is 6.40. The number of hydrogen-bond donors (Lipinski definition) is 2. The standard InChI is InChI=1S/C27H28ClN3O4S/c28-16-8-10-18(11-9-16)29-24(32)21-20-12-13-27(35-20)22(21)26(34)31(15-19-7-4-14-36-19)23(27)25(33)30-17-5-2-1-3-6-17/h4,7-14,17,20-23H,1-3,5-6,15H2,(H,29,32)(H,30,33). The zero-order valence-corrected chi connectivity index (χ0v) is 21.3. The number of carbonyl (C=O) groups excluding carboxylic acids is 3. The van der Waals surface area contributed by atoms with E-state index in [1.54, 1.807) is 40.5 Å². The molecule has 2 aromatic rings. The molecular formula is C27H28ClN3O4S. The van der Waals surface area contributed by atoms with Crippen molar-refractivity contribution >= 4 is 46.3 Å². The summed E-state index contributed by atoms with van der Waals surface area (Å²) in [6.07, 6.45) is 8.39. The number of halogens is 1. The number of thiophene rings is 1. The van der Waals surface area contributed by atoms with Crippen molar-refractivity contribution < 1.29 is 19.1 Å². The SMILES string of the molecule is O=C(Nc1ccc(Cl)cc1)C1C2C=CC3(O2)C1C(=O)N(Cc1cccs1)C3C(=O)NC1CCCCC1. The molecule has 1 spiro atoms. The molecule has 2 N–H and O–H groups in total. The summed E-state index contributed by atoms with van der Waals surface area (Å²) in [7, 11) is 0. The van der Waals surface area contributed by atoms with Crippen LogP contribution in [0, 0.1) is 11.8 Å². The molecule has 9 heteroatoms. The zero-order valence-electron chi connectivity index (χ0n) is 19.7. The molecule has 5 atom stereocenters. The van der Waals surface area contributed by atoms with Crippen LogP contribution in [0.1, 0.15) is 37.0 Å². The van der Waals surface area contributed by atoms with Gasteiger partial charge in [-0.3, -0.25) is 14.4 Å². The number of amides is 3. The Morgan fingerprint density at radius 1 is 1.11 bits per heavy atom. The highest BCUT2D eigenvalue weighted by Crippen LogP contribution is 2.55. The predicted molar refractivity (Wildman–Crippen MR) is 137 cm³/mol. The molecule has 7 nitrogen and oxygen atoms in total. The van der Waals surface area contributed by atoms with Gasteiger partial charge in [-0.2, -0.15) is 0 Å². The van der Waals surface area contributed by atoms with E-state index in [9.17, 15) is 14.4 Å². The van der Waals surface area contributed by atoms with Gasteiger partial charge in [-0.25, -0.2) is 0 Å². The Kier molecular flexibility index (Phi) is 6.14. The van der Waals surface area contributed by atoms with E-state index in [1.165, 1.54) is 6.42 Å². The molecule has 4 heterocycles. The van der Waals surface area contributed by atoms with Crippen LogP contribution in [0.2, 0.25) is 5.02 Å². The highest BCUT2D eigenvalue weighted by Gasteiger charge is 2.72. The van der Waals surface area contributed by atoms with Gasteiger partial charge in [0.2, 0.25) is 17.7 Å². The van der Waals surface area contributed by atoms with E-state index in [-0.39, 0.29) is 23.8 Å². The molecule has 6 rings (SSSR count). The molecular weight excluding hydrogens is 498 g/mol. The van der Waals surface area contributed by atoms with Crippen LogP contribution in [0.25, 0.3) is 0 Å². The molecule has 36 heavy (non-hydrogen) atoms. The maximum atomic E-state index is 14.0. The van der Waals surface area contributed by atoms with Crippen LogP contribution in [0.4, 0.5) is 5.69 Å². The Labute approximate surface area is 218 Å². The van der Waals surface area contributed by atoms with Gasteiger partial charge in [0.15, 0.2) is 0 Å². The lowest BCUT2D eigenvalue weighted by molar-refractivity contribution is -0.142. The summed E-state index contributed by atoms with van der Waals surface area (Å²) in [5.41, 5.74) is -0.558. The van der Waals surface area contributed by atoms with E-state index in [0.29, 0.717) is 17.3 Å². The minimum absolute atomic E-state index is 0.104. The van der Waals surface area contributed by atoms with Gasteiger partial charge in [0, 0.05) is 21.6 Å². The van der Waals surface area contributed by atoms with Crippen molar-refractivity contribution in [3.05, 3.63) is 63.8 Å². The molecule has 3 amide bonds. The van der Waals surface area contributed by atoms with Crippen LogP contribution >= 0.6 is 22.9 Å². The lowest BCUT2D eigenvalue weighted by Gasteiger charge is -2.34. The van der Waals surface area contributed by atoms with Crippen molar-refractivity contribution in [1.82, 2.24) is 10.2 Å². The molecule has 5 unspecified atom stereocenters. The Bertz CT molecular complexity index is 1190. The summed E-state index contributed by atoms with van der Waals surface area (Å²) in [6.45, 7) is 0.310. The van der Waals surface area contributed by atoms with Crippen LogP contribution in [0.3, 0.4) is 0 Å². The fourth-order valence-corrected chi connectivity index (χ4v) is 7.12. The largest absolute Gasteiger partial charge is 0.359 e. The molecule has 4 aliphatic rings. The van der Waals surface area contributed by atoms with Crippen molar-refractivity contribution in [2.24, 2.45) is 11.8 Å². The summed E-state index contributed by atoms with van der Waals surface area (Å²) in [5, 5.41) is 8.65. The van der Waals surface area contributed by atoms with E-state index in [0.717, 1.165) is 30.6 Å². The lowest BCUT2D eigenvalue weighted by atomic mass is 9.74. The summed E-state index contributed by atoms with van der Waals surface area (Å²) in [5.74, 6) is -2.19. The van der Waals surface area contributed by atoms with E-state index in [4.69, 9.17) is 16.3 Å². The minimum Gasteiger partial charge on any atom is -0.359 e. The molecule has 0 radical (unpaired) electrons. The predicted octanol–water partition coefficient (Wildman–Crippen LogP) is 4.14. The molecule has 2 saturated heterocycles. The van der Waals surface area contributed by atoms with Gasteiger partial charge >= 0.3 is 0 Å². The average molecular weight is 526 g/mol. The quantitative estimate of drug-likeness (QED) is 0.555. The number of likely N-dealkylation sites (tertiary alicyclic amines) is 1. The first-order valence-corrected chi connectivity index (χ1v) is 13.8. The first-order chi connectivity index (χ1) is 17.5. The Hall–Kier alpha value is -2.68. The van der Waals surface area contributed by atoms with E-state index in [1.807, 2.05) is 29.7 Å². The van der Waals surface area contributed by atoms with Gasteiger partial charge < -0.3 is 20.3 Å². The number of ether oxygens (including phenoxy) is 1. The maximum absolute atomic E-state index is 14.0. The number of fused-ring (bicyclic) bond motifs is 1. The molecule has 3 aliphatic heterocycles. The van der Waals surface area contributed by atoms with Crippen molar-refractivity contribution in [3.63, 3.8) is 0 Å². The lowest BCUT2D eigenvalue weighted by Crippen LogP contribution is -2.56. The molecule has 188 valence electrons. The summed E-state index contributed by atoms with van der Waals surface area (Å²) in [4.78, 5) is 43.8. The van der Waals surface area contributed by atoms with Gasteiger partial charge in [-0.1, -0.05) is 49.1 Å². The normalized spacial score (nSPS) is 31.0. The first-order valence-electron chi connectivity index (χ1n) is 12.5. The second-order valence-electron chi connectivity index (χ2n) is 10.1. The van der Waals surface area contributed by atoms with Gasteiger partial charge in [-0.05, 0) is 48.6 Å². The third-order valence-electron chi connectivity index (χ3n) is 7.89. The van der Waals surface area contributed by atoms with Crippen molar-refractivity contribution in [2.45, 2.75) is 62.4 Å². The van der Waals surface area contributed by atoms with E-state index >= 15 is 0 Å². The van der Waals surface area contributed by atoms with Crippen molar-refractivity contribution in [2.75, 3.05) is 5.32 Å². The van der Waals surface area contributed by atoms with Gasteiger partial charge in [0.1, 0.15) is 11.6 Å². The zero-order chi connectivity index (χ0) is 24.9. The van der Waals surface area contributed by atoms with Crippen LogP contribution in [-0.2, 0) is 25.7 Å². The molecule has 2 bridgehead atoms. The van der Waals surface area contributed by atoms with E-state index < -0.39 is 29.6 Å². The molecule has 1 aliphatic carbocycles. The molecule has 1 aromatic heterocycles. The number of anilines is 1. The second-order valence-corrected chi connectivity index (χ2v) is 11.6. The summed E-state index contributed by atoms with van der Waals surface area (Å²) >= 11 is 7.52. The number of nitrogens with one attached hydrogen (secondary N) is 2. The molecule has 3 fully saturated rings. The highest BCUT2D eigenvalue weighted by atomic mass is 35.5. The highest BCUT2D eigenvalue weighted by molar-refractivity contribution is 7.09. The van der Waals surface area contributed by atoms with Crippen LogP contribution in [0.5, 0.6) is 0 Å². The number of rotatable bonds is 6.